The molecule has 0 amide bonds. The maximum absolute atomic E-state index is 5.59. The van der Waals surface area contributed by atoms with Gasteiger partial charge in [0.25, 0.3) is 0 Å². The molecule has 166 valence electrons. The Kier molecular flexibility index (Phi) is 11.4. The van der Waals surface area contributed by atoms with Gasteiger partial charge in [0.05, 0.1) is 10.7 Å². The summed E-state index contributed by atoms with van der Waals surface area (Å²) in [6.45, 7) is 11.3. The molecule has 0 saturated carbocycles. The summed E-state index contributed by atoms with van der Waals surface area (Å²) < 4.78 is 0. The van der Waals surface area contributed by atoms with Crippen molar-refractivity contribution in [2.45, 2.75) is 25.3 Å². The van der Waals surface area contributed by atoms with Gasteiger partial charge in [0, 0.05) is 77.8 Å². The molecule has 3 fully saturated rings. The molecule has 0 radical (unpaired) electrons. The molecule has 11 heteroatoms. The van der Waals surface area contributed by atoms with Gasteiger partial charge in [-0.25, -0.2) is 4.99 Å². The Morgan fingerprint density at radius 3 is 1.93 bits per heavy atom. The van der Waals surface area contributed by atoms with E-state index in [0.717, 1.165) is 85.2 Å². The monoisotopic (exact) mass is 443 g/mol. The maximum Gasteiger partial charge on any atom is 0.166 e. The molecule has 0 aromatic heterocycles. The van der Waals surface area contributed by atoms with Crippen LogP contribution in [0.15, 0.2) is 4.99 Å². The zero-order valence-corrected chi connectivity index (χ0v) is 19.1. The van der Waals surface area contributed by atoms with Crippen molar-refractivity contribution in [3.8, 4) is 0 Å². The van der Waals surface area contributed by atoms with E-state index in [1.54, 1.807) is 0 Å². The average molecular weight is 444 g/mol. The van der Waals surface area contributed by atoms with Gasteiger partial charge in [-0.3, -0.25) is 0 Å². The number of hydrogen-bond acceptors (Lipinski definition) is 9. The molecule has 0 aromatic carbocycles. The topological polar surface area (TPSA) is 109 Å². The number of rotatable bonds is 6. The highest BCUT2D eigenvalue weighted by atomic mass is 32.1. The van der Waals surface area contributed by atoms with Crippen molar-refractivity contribution in [3.63, 3.8) is 0 Å². The van der Waals surface area contributed by atoms with Crippen LogP contribution in [0.5, 0.6) is 0 Å². The Balaban J connectivity index is 1.94. The SMILES string of the molecule is CC12CNCNCC(NC(=S)NCCCCN=C=S)(CNCNC1)CNCNC2. The van der Waals surface area contributed by atoms with E-state index in [0.29, 0.717) is 5.11 Å². The zero-order valence-electron chi connectivity index (χ0n) is 17.5. The number of unbranched alkanes of at least 4 members (excludes halogenated alkanes) is 1. The minimum absolute atomic E-state index is 0.152. The molecule has 0 spiro atoms. The van der Waals surface area contributed by atoms with Crippen LogP contribution in [-0.2, 0) is 0 Å². The van der Waals surface area contributed by atoms with Crippen LogP contribution < -0.4 is 42.5 Å². The molecule has 0 aromatic rings. The molecule has 3 saturated heterocycles. The van der Waals surface area contributed by atoms with Crippen LogP contribution in [0.3, 0.4) is 0 Å². The first-order valence-corrected chi connectivity index (χ1v) is 11.2. The van der Waals surface area contributed by atoms with Gasteiger partial charge in [0.15, 0.2) is 5.11 Å². The summed E-state index contributed by atoms with van der Waals surface area (Å²) in [6.07, 6.45) is 1.96. The summed E-state index contributed by atoms with van der Waals surface area (Å²) in [5.41, 5.74) is -0.0999. The fourth-order valence-corrected chi connectivity index (χ4v) is 4.03. The number of isothiocyanates is 1. The van der Waals surface area contributed by atoms with Crippen molar-refractivity contribution in [3.05, 3.63) is 0 Å². The van der Waals surface area contributed by atoms with Gasteiger partial charge in [-0.2, -0.15) is 0 Å². The second-order valence-electron chi connectivity index (χ2n) is 8.24. The van der Waals surface area contributed by atoms with Gasteiger partial charge in [-0.05, 0) is 37.3 Å². The van der Waals surface area contributed by atoms with Crippen LogP contribution in [0.2, 0.25) is 0 Å². The Morgan fingerprint density at radius 1 is 0.897 bits per heavy atom. The first kappa shape index (κ1) is 24.5. The summed E-state index contributed by atoms with van der Waals surface area (Å²) in [5.74, 6) is 0. The van der Waals surface area contributed by atoms with Gasteiger partial charge in [-0.1, -0.05) is 6.92 Å². The molecule has 29 heavy (non-hydrogen) atoms. The van der Waals surface area contributed by atoms with E-state index in [9.17, 15) is 0 Å². The molecule has 0 atom stereocenters. The Hall–Kier alpha value is -0.750. The van der Waals surface area contributed by atoms with Crippen LogP contribution in [0.25, 0.3) is 0 Å². The van der Waals surface area contributed by atoms with Gasteiger partial charge >= 0.3 is 0 Å². The summed E-state index contributed by atoms with van der Waals surface area (Å²) >= 11 is 10.2. The minimum Gasteiger partial charge on any atom is -0.363 e. The molecule has 3 rings (SSSR count). The lowest BCUT2D eigenvalue weighted by Gasteiger charge is -2.39. The van der Waals surface area contributed by atoms with Crippen molar-refractivity contribution in [1.29, 1.82) is 0 Å². The van der Waals surface area contributed by atoms with Crippen molar-refractivity contribution < 1.29 is 0 Å². The van der Waals surface area contributed by atoms with Crippen molar-refractivity contribution in [2.24, 2.45) is 10.4 Å². The molecule has 3 aliphatic rings. The van der Waals surface area contributed by atoms with E-state index in [4.69, 9.17) is 12.2 Å². The van der Waals surface area contributed by atoms with Crippen LogP contribution >= 0.6 is 24.4 Å². The Bertz CT molecular complexity index is 501. The maximum atomic E-state index is 5.59. The van der Waals surface area contributed by atoms with Crippen LogP contribution in [0.4, 0.5) is 0 Å². The largest absolute Gasteiger partial charge is 0.363 e. The third-order valence-corrected chi connectivity index (χ3v) is 5.60. The lowest BCUT2D eigenvalue weighted by atomic mass is 9.90. The highest BCUT2D eigenvalue weighted by Gasteiger charge is 2.32. The van der Waals surface area contributed by atoms with E-state index in [2.05, 4.69) is 71.8 Å². The first-order valence-electron chi connectivity index (χ1n) is 10.4. The number of fused-ring (bicyclic) bond motifs is 12. The van der Waals surface area contributed by atoms with Gasteiger partial charge in [0.2, 0.25) is 0 Å². The number of nitrogens with one attached hydrogen (secondary N) is 8. The number of nitrogens with zero attached hydrogens (tertiary/aromatic N) is 1. The number of thiocarbonyl (C=S) groups is 2. The fourth-order valence-electron chi connectivity index (χ4n) is 3.62. The highest BCUT2D eigenvalue weighted by Crippen LogP contribution is 2.13. The molecule has 3 heterocycles. The molecule has 3 aliphatic heterocycles. The molecule has 9 nitrogen and oxygen atoms in total. The number of hydrogen-bond donors (Lipinski definition) is 8. The van der Waals surface area contributed by atoms with Crippen molar-refractivity contribution in [1.82, 2.24) is 42.5 Å². The third-order valence-electron chi connectivity index (χ3n) is 5.22. The normalized spacial score (nSPS) is 29.1. The van der Waals surface area contributed by atoms with Crippen LogP contribution in [0, 0.1) is 5.41 Å². The number of aliphatic imine (C=N–C) groups is 1. The van der Waals surface area contributed by atoms with Crippen molar-refractivity contribution in [2.75, 3.05) is 72.4 Å². The molecule has 8 N–H and O–H groups in total. The molecular weight excluding hydrogens is 406 g/mol. The zero-order chi connectivity index (χ0) is 20.8. The Morgan fingerprint density at radius 2 is 1.41 bits per heavy atom. The predicted molar refractivity (Wildman–Crippen MR) is 126 cm³/mol. The standard InChI is InChI=1S/C18H37N9S2/c1-17-6-20-12-23-9-18(10-24-13-21-7-17,11-25-14-22-8-17)27-16(29)26-5-3-2-4-19-15-28/h20-25H,2-14H2,1H3,(H2,26,27,29). The third kappa shape index (κ3) is 9.73. The van der Waals surface area contributed by atoms with Crippen LogP contribution in [-0.4, -0.2) is 88.2 Å². The second kappa shape index (κ2) is 13.5. The van der Waals surface area contributed by atoms with E-state index in [1.165, 1.54) is 0 Å². The fraction of sp³-hybridized carbons (Fsp3) is 0.889. The molecule has 0 aliphatic carbocycles. The van der Waals surface area contributed by atoms with Gasteiger partial charge < -0.3 is 42.5 Å². The quantitative estimate of drug-likeness (QED) is 0.141. The second-order valence-corrected chi connectivity index (χ2v) is 8.83. The summed E-state index contributed by atoms with van der Waals surface area (Å²) in [7, 11) is 0. The molecule has 2 bridgehead atoms. The Labute approximate surface area is 185 Å². The van der Waals surface area contributed by atoms with Gasteiger partial charge in [0.1, 0.15) is 0 Å². The minimum atomic E-state index is -0.252. The van der Waals surface area contributed by atoms with Crippen LogP contribution in [0.1, 0.15) is 19.8 Å². The van der Waals surface area contributed by atoms with E-state index in [1.807, 2.05) is 0 Å². The first-order chi connectivity index (χ1) is 14.1. The molecular formula is C18H37N9S2. The van der Waals surface area contributed by atoms with E-state index >= 15 is 0 Å². The summed E-state index contributed by atoms with van der Waals surface area (Å²) in [5, 5.41) is 31.2. The lowest BCUT2D eigenvalue weighted by Crippen LogP contribution is -2.68. The lowest BCUT2D eigenvalue weighted by molar-refractivity contribution is 0.233. The summed E-state index contributed by atoms with van der Waals surface area (Å²) in [6, 6.07) is 0. The summed E-state index contributed by atoms with van der Waals surface area (Å²) in [4.78, 5) is 3.94. The van der Waals surface area contributed by atoms with E-state index < -0.39 is 0 Å². The molecule has 0 unspecified atom stereocenters. The van der Waals surface area contributed by atoms with Crippen molar-refractivity contribution >= 4 is 34.7 Å². The highest BCUT2D eigenvalue weighted by molar-refractivity contribution is 7.80. The smallest absolute Gasteiger partial charge is 0.166 e. The predicted octanol–water partition coefficient (Wildman–Crippen LogP) is -1.48. The average Bonchev–Trinajstić information content (AvgIpc) is 2.68. The van der Waals surface area contributed by atoms with Gasteiger partial charge in [-0.15, -0.1) is 0 Å². The van der Waals surface area contributed by atoms with E-state index in [-0.39, 0.29) is 11.0 Å².